The van der Waals surface area contributed by atoms with Crippen molar-refractivity contribution in [3.63, 3.8) is 0 Å². The summed E-state index contributed by atoms with van der Waals surface area (Å²) in [5.41, 5.74) is 1.29. The van der Waals surface area contributed by atoms with Crippen LogP contribution in [0.5, 0.6) is 0 Å². The fraction of sp³-hybridized carbons (Fsp3) is 0.588. The zero-order valence-corrected chi connectivity index (χ0v) is 12.2. The van der Waals surface area contributed by atoms with Crippen LogP contribution in [-0.2, 0) is 4.79 Å². The lowest BCUT2D eigenvalue weighted by molar-refractivity contribution is -0.125. The SMILES string of the molecule is CN1C[C@@H](C(=O)NC2CCCC2)[C@H](c2ccccc2)C1. The van der Waals surface area contributed by atoms with Crippen LogP contribution in [0.2, 0.25) is 0 Å². The Bertz CT molecular complexity index is 453. The molecule has 1 aromatic carbocycles. The number of hydrogen-bond acceptors (Lipinski definition) is 2. The van der Waals surface area contributed by atoms with Gasteiger partial charge in [-0.2, -0.15) is 0 Å². The summed E-state index contributed by atoms with van der Waals surface area (Å²) in [4.78, 5) is 14.9. The van der Waals surface area contributed by atoms with Gasteiger partial charge in [0.1, 0.15) is 0 Å². The van der Waals surface area contributed by atoms with Gasteiger partial charge in [0.2, 0.25) is 5.91 Å². The molecule has 1 aromatic rings. The third kappa shape index (κ3) is 2.88. The Kier molecular flexibility index (Phi) is 4.06. The third-order valence-corrected chi connectivity index (χ3v) is 4.77. The first-order valence-corrected chi connectivity index (χ1v) is 7.78. The van der Waals surface area contributed by atoms with Crippen molar-refractivity contribution in [3.8, 4) is 0 Å². The number of carbonyl (C=O) groups excluding carboxylic acids is 1. The number of amides is 1. The van der Waals surface area contributed by atoms with Crippen LogP contribution in [0.4, 0.5) is 0 Å². The topological polar surface area (TPSA) is 32.3 Å². The first kappa shape index (κ1) is 13.6. The maximum Gasteiger partial charge on any atom is 0.225 e. The molecule has 2 aliphatic rings. The minimum Gasteiger partial charge on any atom is -0.353 e. The van der Waals surface area contributed by atoms with Gasteiger partial charge in [0.05, 0.1) is 5.92 Å². The second kappa shape index (κ2) is 5.96. The highest BCUT2D eigenvalue weighted by molar-refractivity contribution is 5.80. The van der Waals surface area contributed by atoms with E-state index in [0.29, 0.717) is 12.0 Å². The van der Waals surface area contributed by atoms with Gasteiger partial charge >= 0.3 is 0 Å². The molecule has 3 rings (SSSR count). The minimum atomic E-state index is 0.100. The van der Waals surface area contributed by atoms with Crippen molar-refractivity contribution < 1.29 is 4.79 Å². The molecule has 0 spiro atoms. The predicted octanol–water partition coefficient (Wildman–Crippen LogP) is 2.39. The molecular formula is C17H24N2O. The number of likely N-dealkylation sites (tertiary alicyclic amines) is 1. The summed E-state index contributed by atoms with van der Waals surface area (Å²) in [6.45, 7) is 1.85. The lowest BCUT2D eigenvalue weighted by Crippen LogP contribution is -2.39. The van der Waals surface area contributed by atoms with Gasteiger partial charge in [0.15, 0.2) is 0 Å². The van der Waals surface area contributed by atoms with Crippen molar-refractivity contribution in [1.29, 1.82) is 0 Å². The smallest absolute Gasteiger partial charge is 0.225 e. The summed E-state index contributed by atoms with van der Waals surface area (Å²) in [6.07, 6.45) is 4.84. The van der Waals surface area contributed by atoms with Crippen LogP contribution in [-0.4, -0.2) is 37.0 Å². The Morgan fingerprint density at radius 3 is 2.55 bits per heavy atom. The quantitative estimate of drug-likeness (QED) is 0.916. The van der Waals surface area contributed by atoms with Crippen LogP contribution in [0.25, 0.3) is 0 Å². The van der Waals surface area contributed by atoms with E-state index in [1.165, 1.54) is 18.4 Å². The van der Waals surface area contributed by atoms with E-state index < -0.39 is 0 Å². The number of benzene rings is 1. The van der Waals surface area contributed by atoms with Gasteiger partial charge in [-0.1, -0.05) is 43.2 Å². The summed E-state index contributed by atoms with van der Waals surface area (Å²) in [5, 5.41) is 3.28. The number of nitrogens with zero attached hydrogens (tertiary/aromatic N) is 1. The van der Waals surface area contributed by atoms with Gasteiger partial charge < -0.3 is 10.2 Å². The maximum atomic E-state index is 12.6. The van der Waals surface area contributed by atoms with Crippen molar-refractivity contribution in [2.45, 2.75) is 37.6 Å². The molecule has 2 fully saturated rings. The predicted molar refractivity (Wildman–Crippen MR) is 80.6 cm³/mol. The molecule has 108 valence electrons. The zero-order valence-electron chi connectivity index (χ0n) is 12.2. The average Bonchev–Trinajstić information content (AvgIpc) is 3.09. The average molecular weight is 272 g/mol. The molecular weight excluding hydrogens is 248 g/mol. The fourth-order valence-corrected chi connectivity index (χ4v) is 3.68. The molecule has 3 nitrogen and oxygen atoms in total. The number of carbonyl (C=O) groups is 1. The van der Waals surface area contributed by atoms with E-state index in [0.717, 1.165) is 25.9 Å². The maximum absolute atomic E-state index is 12.6. The van der Waals surface area contributed by atoms with E-state index in [-0.39, 0.29) is 11.8 Å². The Hall–Kier alpha value is -1.35. The molecule has 1 saturated carbocycles. The highest BCUT2D eigenvalue weighted by atomic mass is 16.2. The van der Waals surface area contributed by atoms with E-state index >= 15 is 0 Å². The second-order valence-electron chi connectivity index (χ2n) is 6.33. The first-order chi connectivity index (χ1) is 9.74. The monoisotopic (exact) mass is 272 g/mol. The number of nitrogens with one attached hydrogen (secondary N) is 1. The van der Waals surface area contributed by atoms with Gasteiger partial charge in [0.25, 0.3) is 0 Å². The molecule has 1 saturated heterocycles. The lowest BCUT2D eigenvalue weighted by atomic mass is 9.88. The molecule has 1 amide bonds. The summed E-state index contributed by atoms with van der Waals surface area (Å²) in [5.74, 6) is 0.695. The number of hydrogen-bond donors (Lipinski definition) is 1. The van der Waals surface area contributed by atoms with E-state index in [4.69, 9.17) is 0 Å². The van der Waals surface area contributed by atoms with E-state index in [1.54, 1.807) is 0 Å². The Balaban J connectivity index is 1.71. The van der Waals surface area contributed by atoms with Crippen LogP contribution in [0.15, 0.2) is 30.3 Å². The first-order valence-electron chi connectivity index (χ1n) is 7.78. The van der Waals surface area contributed by atoms with Gasteiger partial charge in [0, 0.05) is 25.0 Å². The lowest BCUT2D eigenvalue weighted by Gasteiger charge is -2.21. The van der Waals surface area contributed by atoms with E-state index in [9.17, 15) is 4.79 Å². The normalized spacial score (nSPS) is 27.9. The largest absolute Gasteiger partial charge is 0.353 e. The molecule has 0 unspecified atom stereocenters. The fourth-order valence-electron chi connectivity index (χ4n) is 3.68. The minimum absolute atomic E-state index is 0.100. The molecule has 1 N–H and O–H groups in total. The Morgan fingerprint density at radius 2 is 1.85 bits per heavy atom. The van der Waals surface area contributed by atoms with Crippen molar-refractivity contribution >= 4 is 5.91 Å². The molecule has 0 bridgehead atoms. The van der Waals surface area contributed by atoms with Crippen LogP contribution in [0.1, 0.15) is 37.2 Å². The Morgan fingerprint density at radius 1 is 1.15 bits per heavy atom. The summed E-state index contributed by atoms with van der Waals surface area (Å²) in [7, 11) is 2.11. The summed E-state index contributed by atoms with van der Waals surface area (Å²) >= 11 is 0. The van der Waals surface area contributed by atoms with E-state index in [2.05, 4.69) is 41.5 Å². The zero-order chi connectivity index (χ0) is 13.9. The van der Waals surface area contributed by atoms with Gasteiger partial charge in [-0.15, -0.1) is 0 Å². The van der Waals surface area contributed by atoms with Crippen LogP contribution in [0.3, 0.4) is 0 Å². The summed E-state index contributed by atoms with van der Waals surface area (Å²) < 4.78 is 0. The second-order valence-corrected chi connectivity index (χ2v) is 6.33. The molecule has 0 aromatic heterocycles. The van der Waals surface area contributed by atoms with Gasteiger partial charge in [-0.3, -0.25) is 4.79 Å². The van der Waals surface area contributed by atoms with Crippen molar-refractivity contribution in [2.24, 2.45) is 5.92 Å². The van der Waals surface area contributed by atoms with Crippen LogP contribution in [0, 0.1) is 5.92 Å². The van der Waals surface area contributed by atoms with Gasteiger partial charge in [-0.05, 0) is 25.5 Å². The highest BCUT2D eigenvalue weighted by Gasteiger charge is 2.37. The number of likely N-dealkylation sites (N-methyl/N-ethyl adjacent to an activating group) is 1. The van der Waals surface area contributed by atoms with Crippen LogP contribution >= 0.6 is 0 Å². The van der Waals surface area contributed by atoms with Gasteiger partial charge in [-0.25, -0.2) is 0 Å². The molecule has 1 aliphatic carbocycles. The van der Waals surface area contributed by atoms with Crippen molar-refractivity contribution in [1.82, 2.24) is 10.2 Å². The molecule has 0 radical (unpaired) electrons. The third-order valence-electron chi connectivity index (χ3n) is 4.77. The highest BCUT2D eigenvalue weighted by Crippen LogP contribution is 2.32. The van der Waals surface area contributed by atoms with Crippen LogP contribution < -0.4 is 5.32 Å². The number of rotatable bonds is 3. The van der Waals surface area contributed by atoms with Crippen molar-refractivity contribution in [3.05, 3.63) is 35.9 Å². The molecule has 3 heteroatoms. The molecule has 1 heterocycles. The standard InChI is InChI=1S/C17H24N2O/c1-19-11-15(13-7-3-2-4-8-13)16(12-19)17(20)18-14-9-5-6-10-14/h2-4,7-8,14-16H,5-6,9-12H2,1H3,(H,18,20)/t15-,16+/m0/s1. The molecule has 1 aliphatic heterocycles. The molecule has 2 atom stereocenters. The summed E-state index contributed by atoms with van der Waals surface area (Å²) in [6, 6.07) is 10.9. The van der Waals surface area contributed by atoms with E-state index in [1.807, 2.05) is 6.07 Å². The molecule has 20 heavy (non-hydrogen) atoms. The Labute approximate surface area is 121 Å². The van der Waals surface area contributed by atoms with Crippen molar-refractivity contribution in [2.75, 3.05) is 20.1 Å².